The summed E-state index contributed by atoms with van der Waals surface area (Å²) >= 11 is 0. The lowest BCUT2D eigenvalue weighted by Crippen LogP contribution is -2.10. The van der Waals surface area contributed by atoms with Crippen LogP contribution in [0.3, 0.4) is 0 Å². The number of primary amides is 1. The van der Waals surface area contributed by atoms with Crippen LogP contribution in [0.5, 0.6) is 0 Å². The quantitative estimate of drug-likeness (QED) is 0.551. The number of hydrogen-bond donors (Lipinski definition) is 2. The molecule has 0 aliphatic heterocycles. The highest BCUT2D eigenvalue weighted by atomic mass is 16.1. The third kappa shape index (κ3) is 2.83. The van der Waals surface area contributed by atoms with Crippen molar-refractivity contribution in [2.75, 3.05) is 11.9 Å². The number of hydrogen-bond acceptors (Lipinski definition) is 2. The molecule has 0 bridgehead atoms. The zero-order valence-corrected chi connectivity index (χ0v) is 7.79. The average molecular weight is 188 g/mol. The highest BCUT2D eigenvalue weighted by Crippen LogP contribution is 2.08. The number of carbonyl (C=O) groups is 1. The van der Waals surface area contributed by atoms with Gasteiger partial charge in [-0.3, -0.25) is 4.79 Å². The zero-order chi connectivity index (χ0) is 10.4. The van der Waals surface area contributed by atoms with E-state index >= 15 is 0 Å². The largest absolute Gasteiger partial charge is 0.384 e. The molecule has 0 aromatic heterocycles. The second-order valence-corrected chi connectivity index (χ2v) is 2.82. The Kier molecular flexibility index (Phi) is 3.57. The van der Waals surface area contributed by atoms with E-state index in [1.165, 1.54) is 0 Å². The summed E-state index contributed by atoms with van der Waals surface area (Å²) in [5.74, 6) is 2.11. The second-order valence-electron chi connectivity index (χ2n) is 2.82. The molecule has 1 aromatic rings. The molecule has 0 aliphatic carbocycles. The van der Waals surface area contributed by atoms with Gasteiger partial charge in [0.15, 0.2) is 0 Å². The molecule has 1 amide bonds. The average Bonchev–Trinajstić information content (AvgIpc) is 2.19. The predicted octanol–water partition coefficient (Wildman–Crippen LogP) is 1.22. The molecule has 1 aromatic carbocycles. The summed E-state index contributed by atoms with van der Waals surface area (Å²) in [4.78, 5) is 10.7. The normalized spacial score (nSPS) is 9.07. The predicted molar refractivity (Wildman–Crippen MR) is 56.9 cm³/mol. The maximum atomic E-state index is 10.7. The second kappa shape index (κ2) is 4.93. The highest BCUT2D eigenvalue weighted by molar-refractivity contribution is 5.93. The molecular formula is C11H12N2O. The van der Waals surface area contributed by atoms with Crippen molar-refractivity contribution in [3.63, 3.8) is 0 Å². The number of nitrogens with two attached hydrogens (primary N) is 1. The standard InChI is InChI=1S/C11H12N2O/c1-2-3-8-13-10-6-4-9(5-7-10)11(12)14/h1,4-7,13H,3,8H2,(H2,12,14). The molecule has 14 heavy (non-hydrogen) atoms. The Hall–Kier alpha value is -1.95. The fraction of sp³-hybridized carbons (Fsp3) is 0.182. The minimum Gasteiger partial charge on any atom is -0.384 e. The van der Waals surface area contributed by atoms with Crippen molar-refractivity contribution in [1.29, 1.82) is 0 Å². The summed E-state index contributed by atoms with van der Waals surface area (Å²) in [6.07, 6.45) is 5.78. The molecule has 3 nitrogen and oxygen atoms in total. The smallest absolute Gasteiger partial charge is 0.248 e. The van der Waals surface area contributed by atoms with Gasteiger partial charge in [-0.05, 0) is 24.3 Å². The summed E-state index contributed by atoms with van der Waals surface area (Å²) in [5.41, 5.74) is 6.54. The van der Waals surface area contributed by atoms with Crippen molar-refractivity contribution in [1.82, 2.24) is 0 Å². The van der Waals surface area contributed by atoms with E-state index in [2.05, 4.69) is 11.2 Å². The van der Waals surface area contributed by atoms with E-state index in [0.717, 1.165) is 12.2 Å². The summed E-state index contributed by atoms with van der Waals surface area (Å²) in [6.45, 7) is 0.729. The lowest BCUT2D eigenvalue weighted by Gasteiger charge is -2.03. The molecule has 0 fully saturated rings. The molecule has 0 saturated carbocycles. The van der Waals surface area contributed by atoms with Gasteiger partial charge >= 0.3 is 0 Å². The lowest BCUT2D eigenvalue weighted by atomic mass is 10.2. The number of nitrogens with one attached hydrogen (secondary N) is 1. The molecular weight excluding hydrogens is 176 g/mol. The number of amides is 1. The topological polar surface area (TPSA) is 55.1 Å². The molecule has 3 heteroatoms. The van der Waals surface area contributed by atoms with Crippen molar-refractivity contribution in [2.45, 2.75) is 6.42 Å². The van der Waals surface area contributed by atoms with Crippen molar-refractivity contribution >= 4 is 11.6 Å². The molecule has 0 unspecified atom stereocenters. The fourth-order valence-corrected chi connectivity index (χ4v) is 1.03. The van der Waals surface area contributed by atoms with E-state index in [4.69, 9.17) is 12.2 Å². The van der Waals surface area contributed by atoms with E-state index < -0.39 is 5.91 Å². The van der Waals surface area contributed by atoms with Crippen LogP contribution >= 0.6 is 0 Å². The first-order chi connectivity index (χ1) is 6.74. The molecule has 0 radical (unpaired) electrons. The van der Waals surface area contributed by atoms with E-state index in [-0.39, 0.29) is 0 Å². The number of benzene rings is 1. The number of rotatable bonds is 4. The first-order valence-electron chi connectivity index (χ1n) is 4.31. The van der Waals surface area contributed by atoms with Gasteiger partial charge in [-0.2, -0.15) is 0 Å². The Morgan fingerprint density at radius 3 is 2.57 bits per heavy atom. The molecule has 72 valence electrons. The summed E-state index contributed by atoms with van der Waals surface area (Å²) in [7, 11) is 0. The Balaban J connectivity index is 2.56. The fourth-order valence-electron chi connectivity index (χ4n) is 1.03. The van der Waals surface area contributed by atoms with Crippen LogP contribution in [-0.4, -0.2) is 12.5 Å². The van der Waals surface area contributed by atoms with Gasteiger partial charge in [0.1, 0.15) is 0 Å². The molecule has 0 atom stereocenters. The van der Waals surface area contributed by atoms with E-state index in [0.29, 0.717) is 12.0 Å². The van der Waals surface area contributed by atoms with Crippen LogP contribution in [0.2, 0.25) is 0 Å². The van der Waals surface area contributed by atoms with Gasteiger partial charge in [0.2, 0.25) is 5.91 Å². The van der Waals surface area contributed by atoms with Gasteiger partial charge in [-0.15, -0.1) is 12.3 Å². The summed E-state index contributed by atoms with van der Waals surface area (Å²) < 4.78 is 0. The third-order valence-corrected chi connectivity index (χ3v) is 1.77. The Bertz CT molecular complexity index is 349. The van der Waals surface area contributed by atoms with Gasteiger partial charge in [-0.1, -0.05) is 0 Å². The van der Waals surface area contributed by atoms with Crippen LogP contribution in [0.1, 0.15) is 16.8 Å². The minimum atomic E-state index is -0.417. The number of carbonyl (C=O) groups excluding carboxylic acids is 1. The Labute approximate surface area is 83.3 Å². The van der Waals surface area contributed by atoms with Gasteiger partial charge in [0.25, 0.3) is 0 Å². The molecule has 3 N–H and O–H groups in total. The van der Waals surface area contributed by atoms with Crippen LogP contribution in [0.4, 0.5) is 5.69 Å². The van der Waals surface area contributed by atoms with Crippen LogP contribution in [0, 0.1) is 12.3 Å². The van der Waals surface area contributed by atoms with Gasteiger partial charge < -0.3 is 11.1 Å². The van der Waals surface area contributed by atoms with Crippen molar-refractivity contribution in [3.8, 4) is 12.3 Å². The Morgan fingerprint density at radius 2 is 2.07 bits per heavy atom. The van der Waals surface area contributed by atoms with Gasteiger partial charge in [0.05, 0.1) is 0 Å². The van der Waals surface area contributed by atoms with Crippen LogP contribution in [0.25, 0.3) is 0 Å². The van der Waals surface area contributed by atoms with E-state index in [1.807, 2.05) is 0 Å². The van der Waals surface area contributed by atoms with Gasteiger partial charge in [-0.25, -0.2) is 0 Å². The highest BCUT2D eigenvalue weighted by Gasteiger charge is 1.98. The maximum absolute atomic E-state index is 10.7. The first kappa shape index (κ1) is 10.1. The number of terminal acetylenes is 1. The van der Waals surface area contributed by atoms with E-state index in [9.17, 15) is 4.79 Å². The first-order valence-corrected chi connectivity index (χ1v) is 4.31. The van der Waals surface area contributed by atoms with Crippen LogP contribution < -0.4 is 11.1 Å². The maximum Gasteiger partial charge on any atom is 0.248 e. The molecule has 0 aliphatic rings. The van der Waals surface area contributed by atoms with Crippen LogP contribution in [-0.2, 0) is 0 Å². The van der Waals surface area contributed by atoms with E-state index in [1.54, 1.807) is 24.3 Å². The lowest BCUT2D eigenvalue weighted by molar-refractivity contribution is 0.100. The van der Waals surface area contributed by atoms with Crippen molar-refractivity contribution in [2.24, 2.45) is 5.73 Å². The SMILES string of the molecule is C#CCCNc1ccc(C(N)=O)cc1. The molecule has 1 rings (SSSR count). The molecule has 0 heterocycles. The monoisotopic (exact) mass is 188 g/mol. The number of anilines is 1. The summed E-state index contributed by atoms with van der Waals surface area (Å²) in [6, 6.07) is 6.97. The Morgan fingerprint density at radius 1 is 1.43 bits per heavy atom. The third-order valence-electron chi connectivity index (χ3n) is 1.77. The minimum absolute atomic E-state index is 0.417. The molecule has 0 saturated heterocycles. The van der Waals surface area contributed by atoms with Crippen molar-refractivity contribution < 1.29 is 4.79 Å². The van der Waals surface area contributed by atoms with Crippen LogP contribution in [0.15, 0.2) is 24.3 Å². The van der Waals surface area contributed by atoms with Gasteiger partial charge in [0, 0.05) is 24.2 Å². The van der Waals surface area contributed by atoms with Crippen molar-refractivity contribution in [3.05, 3.63) is 29.8 Å². The zero-order valence-electron chi connectivity index (χ0n) is 7.79. The summed E-state index contributed by atoms with van der Waals surface area (Å²) in [5, 5.41) is 3.12. The molecule has 0 spiro atoms.